The van der Waals surface area contributed by atoms with Crippen LogP contribution in [0.2, 0.25) is 0 Å². The molecule has 0 spiro atoms. The van der Waals surface area contributed by atoms with Crippen molar-refractivity contribution in [1.29, 1.82) is 0 Å². The lowest BCUT2D eigenvalue weighted by Crippen LogP contribution is -2.65. The molecule has 0 saturated carbocycles. The average Bonchev–Trinajstić information content (AvgIpc) is 2.80. The lowest BCUT2D eigenvalue weighted by molar-refractivity contribution is -0.372. The van der Waals surface area contributed by atoms with Crippen molar-refractivity contribution in [2.45, 2.75) is 67.5 Å². The molecule has 2 rings (SSSR count). The van der Waals surface area contributed by atoms with E-state index in [0.29, 0.717) is 0 Å². The molecule has 37 heavy (non-hydrogen) atoms. The Morgan fingerprint density at radius 2 is 1.38 bits per heavy atom. The predicted octanol–water partition coefficient (Wildman–Crippen LogP) is -4.41. The molecular formula is C17H34O18P2. The fourth-order valence-corrected chi connectivity index (χ4v) is 4.32. The van der Waals surface area contributed by atoms with Gasteiger partial charge in [0.15, 0.2) is 12.6 Å². The molecule has 0 aromatic carbocycles. The smallest absolute Gasteiger partial charge is 0.394 e. The van der Waals surface area contributed by atoms with Crippen LogP contribution in [-0.4, -0.2) is 153 Å². The fourth-order valence-electron chi connectivity index (χ4n) is 3.51. The second kappa shape index (κ2) is 13.9. The Labute approximate surface area is 211 Å². The van der Waals surface area contributed by atoms with Crippen LogP contribution in [0, 0.1) is 0 Å². The number of hydrogen-bond acceptors (Lipinski definition) is 15. The van der Waals surface area contributed by atoms with Gasteiger partial charge < -0.3 is 73.5 Å². The van der Waals surface area contributed by atoms with Crippen molar-refractivity contribution in [2.75, 3.05) is 40.2 Å². The normalized spacial score (nSPS) is 39.8. The van der Waals surface area contributed by atoms with Gasteiger partial charge in [0, 0.05) is 13.8 Å². The van der Waals surface area contributed by atoms with Crippen LogP contribution in [0.4, 0.5) is 0 Å². The summed E-state index contributed by atoms with van der Waals surface area (Å²) in [6.45, 7) is -1.88. The third-order valence-corrected chi connectivity index (χ3v) is 6.48. The lowest BCUT2D eigenvalue weighted by atomic mass is 9.97. The Balaban J connectivity index is 2.30. The van der Waals surface area contributed by atoms with Crippen molar-refractivity contribution in [3.8, 4) is 0 Å². The maximum absolute atomic E-state index is 11.6. The van der Waals surface area contributed by atoms with Crippen LogP contribution in [0.25, 0.3) is 0 Å². The Morgan fingerprint density at radius 1 is 0.811 bits per heavy atom. The van der Waals surface area contributed by atoms with E-state index in [4.69, 9.17) is 38.0 Å². The zero-order valence-corrected chi connectivity index (χ0v) is 21.6. The fraction of sp³-hybridized carbons (Fsp3) is 1.00. The molecule has 2 fully saturated rings. The molecule has 0 bridgehead atoms. The van der Waals surface area contributed by atoms with Crippen LogP contribution in [-0.2, 0) is 41.9 Å². The summed E-state index contributed by atoms with van der Waals surface area (Å²) in [5.74, 6) is 0. The minimum atomic E-state index is -5.03. The highest BCUT2D eigenvalue weighted by Crippen LogP contribution is 2.39. The number of ether oxygens (including phenoxy) is 5. The van der Waals surface area contributed by atoms with Crippen molar-refractivity contribution in [3.05, 3.63) is 0 Å². The molecule has 9 N–H and O–H groups in total. The van der Waals surface area contributed by atoms with Crippen molar-refractivity contribution < 1.29 is 87.2 Å². The van der Waals surface area contributed by atoms with Crippen LogP contribution >= 0.6 is 15.4 Å². The van der Waals surface area contributed by atoms with E-state index in [9.17, 15) is 44.7 Å². The molecule has 0 aromatic heterocycles. The first kappa shape index (κ1) is 33.0. The summed E-state index contributed by atoms with van der Waals surface area (Å²) in [4.78, 5) is 27.4. The molecular weight excluding hydrogens is 554 g/mol. The molecule has 6 unspecified atom stereocenters. The number of methoxy groups -OCH3 is 1. The Morgan fingerprint density at radius 3 is 1.92 bits per heavy atom. The van der Waals surface area contributed by atoms with Crippen LogP contribution in [0.1, 0.15) is 0 Å². The van der Waals surface area contributed by atoms with E-state index in [-0.39, 0.29) is 6.61 Å². The summed E-state index contributed by atoms with van der Waals surface area (Å²) in [6, 6.07) is 0. The highest BCUT2D eigenvalue weighted by molar-refractivity contribution is 7.51. The SMILES string of the molecule is COCC1O[C@@H](OC(COP(C)(=O)O)COP(=O)(O)O)C(O[C@H]2O[C@H](CO)[C@@H](O)C(O)C2O)[C@@H](O)[C@H]1O. The van der Waals surface area contributed by atoms with E-state index >= 15 is 0 Å². The summed E-state index contributed by atoms with van der Waals surface area (Å²) in [5.41, 5.74) is 0. The second-order valence-corrected chi connectivity index (χ2v) is 11.5. The summed E-state index contributed by atoms with van der Waals surface area (Å²) >= 11 is 0. The third kappa shape index (κ3) is 9.75. The summed E-state index contributed by atoms with van der Waals surface area (Å²) in [6.07, 6.45) is -18.4. The number of aliphatic hydroxyl groups is 6. The highest BCUT2D eigenvalue weighted by atomic mass is 31.2. The van der Waals surface area contributed by atoms with Gasteiger partial charge in [0.2, 0.25) is 0 Å². The van der Waals surface area contributed by atoms with Crippen LogP contribution < -0.4 is 0 Å². The molecule has 0 aromatic rings. The average molecular weight is 588 g/mol. The molecule has 0 amide bonds. The Hall–Kier alpha value is -0.180. The van der Waals surface area contributed by atoms with Crippen molar-refractivity contribution >= 4 is 15.4 Å². The first-order valence-electron chi connectivity index (χ1n) is 10.8. The van der Waals surface area contributed by atoms with E-state index in [1.54, 1.807) is 0 Å². The lowest BCUT2D eigenvalue weighted by Gasteiger charge is -2.46. The molecule has 20 heteroatoms. The predicted molar refractivity (Wildman–Crippen MR) is 116 cm³/mol. The Bertz CT molecular complexity index is 762. The monoisotopic (exact) mass is 588 g/mol. The zero-order chi connectivity index (χ0) is 28.1. The van der Waals surface area contributed by atoms with Gasteiger partial charge >= 0.3 is 15.4 Å². The van der Waals surface area contributed by atoms with E-state index in [1.807, 2.05) is 0 Å². The quantitative estimate of drug-likeness (QED) is 0.0918. The minimum absolute atomic E-state index is 0.272. The molecule has 0 radical (unpaired) electrons. The molecule has 2 saturated heterocycles. The Kier molecular flexibility index (Phi) is 12.4. The zero-order valence-electron chi connectivity index (χ0n) is 19.8. The largest absolute Gasteiger partial charge is 0.469 e. The van der Waals surface area contributed by atoms with Gasteiger partial charge in [0.1, 0.15) is 54.9 Å². The van der Waals surface area contributed by atoms with Crippen LogP contribution in [0.3, 0.4) is 0 Å². The van der Waals surface area contributed by atoms with E-state index < -0.39 is 103 Å². The molecule has 220 valence electrons. The maximum atomic E-state index is 11.6. The summed E-state index contributed by atoms with van der Waals surface area (Å²) < 4.78 is 58.7. The van der Waals surface area contributed by atoms with Gasteiger partial charge in [-0.15, -0.1) is 0 Å². The molecule has 18 nitrogen and oxygen atoms in total. The number of phosphoric acid groups is 1. The molecule has 2 heterocycles. The first-order valence-corrected chi connectivity index (χ1v) is 14.4. The van der Waals surface area contributed by atoms with Gasteiger partial charge in [-0.1, -0.05) is 0 Å². The topological polar surface area (TPSA) is 281 Å². The molecule has 2 aliphatic heterocycles. The van der Waals surface area contributed by atoms with Gasteiger partial charge in [-0.2, -0.15) is 0 Å². The minimum Gasteiger partial charge on any atom is -0.394 e. The van der Waals surface area contributed by atoms with E-state index in [1.165, 1.54) is 7.11 Å². The molecule has 12 atom stereocenters. The number of hydrogen-bond donors (Lipinski definition) is 9. The number of rotatable bonds is 13. The summed E-state index contributed by atoms with van der Waals surface area (Å²) in [5, 5.41) is 60.8. The summed E-state index contributed by atoms with van der Waals surface area (Å²) in [7, 11) is -7.87. The van der Waals surface area contributed by atoms with Gasteiger partial charge in [-0.05, 0) is 0 Å². The van der Waals surface area contributed by atoms with E-state index in [0.717, 1.165) is 6.66 Å². The first-order chi connectivity index (χ1) is 17.1. The van der Waals surface area contributed by atoms with E-state index in [2.05, 4.69) is 4.52 Å². The second-order valence-electron chi connectivity index (χ2n) is 8.42. The standard InChI is InChI=1S/C17H34O18P2/c1-29-6-9-11(20)13(22)15(35-16-14(23)12(21)10(19)8(3-18)33-16)17(34-9)32-7(4-30-36(2,24)25)5-31-37(26,27)28/h7-23H,3-6H2,1-2H3,(H,24,25)(H2,26,27,28)/t7?,8-,9?,10-,11+,12?,13+,14?,15?,16-,17-/m1/s1. The van der Waals surface area contributed by atoms with Gasteiger partial charge in [-0.25, -0.2) is 4.57 Å². The van der Waals surface area contributed by atoms with Crippen molar-refractivity contribution in [3.63, 3.8) is 0 Å². The molecule has 2 aliphatic rings. The highest BCUT2D eigenvalue weighted by Gasteiger charge is 2.51. The van der Waals surface area contributed by atoms with Crippen molar-refractivity contribution in [1.82, 2.24) is 0 Å². The number of aliphatic hydroxyl groups excluding tert-OH is 6. The van der Waals surface area contributed by atoms with Crippen LogP contribution in [0.5, 0.6) is 0 Å². The van der Waals surface area contributed by atoms with Crippen LogP contribution in [0.15, 0.2) is 0 Å². The third-order valence-electron chi connectivity index (χ3n) is 5.37. The molecule has 0 aliphatic carbocycles. The van der Waals surface area contributed by atoms with Gasteiger partial charge in [0.05, 0.1) is 26.4 Å². The number of phosphoric ester groups is 1. The maximum Gasteiger partial charge on any atom is 0.469 e. The van der Waals surface area contributed by atoms with Crippen molar-refractivity contribution in [2.24, 2.45) is 0 Å². The van der Waals surface area contributed by atoms with Gasteiger partial charge in [-0.3, -0.25) is 9.09 Å². The van der Waals surface area contributed by atoms with Gasteiger partial charge in [0.25, 0.3) is 0 Å².